The monoisotopic (exact) mass is 222 g/mol. The molecule has 16 heavy (non-hydrogen) atoms. The molecule has 1 aliphatic heterocycles. The van der Waals surface area contributed by atoms with Crippen LogP contribution in [0.5, 0.6) is 5.88 Å². The lowest BCUT2D eigenvalue weighted by Crippen LogP contribution is -2.29. The summed E-state index contributed by atoms with van der Waals surface area (Å²) in [4.78, 5) is 17.7. The molecule has 1 fully saturated rings. The van der Waals surface area contributed by atoms with E-state index in [1.54, 1.807) is 23.2 Å². The number of carbonyl (C=O) groups is 1. The molecular formula is C11H14N2O3. The molecule has 2 rings (SSSR count). The Bertz CT molecular complexity index is 395. The van der Waals surface area contributed by atoms with Crippen LogP contribution in [0.25, 0.3) is 0 Å². The second kappa shape index (κ2) is 4.49. The van der Waals surface area contributed by atoms with Crippen molar-refractivity contribution in [2.75, 3.05) is 20.2 Å². The third-order valence-corrected chi connectivity index (χ3v) is 2.65. The van der Waals surface area contributed by atoms with Crippen molar-refractivity contribution in [2.24, 2.45) is 0 Å². The average molecular weight is 222 g/mol. The molecule has 0 radical (unpaired) electrons. The number of amides is 1. The third-order valence-electron chi connectivity index (χ3n) is 2.65. The fourth-order valence-electron chi connectivity index (χ4n) is 1.81. The standard InChI is InChI=1S/C11H14N2O3/c1-16-10-9(3-2-5-12-10)11(15)13-6-4-8(14)7-13/h2-3,5,8,14H,4,6-7H2,1H3/t8-/m0/s1. The minimum atomic E-state index is -0.411. The Hall–Kier alpha value is -1.62. The zero-order valence-electron chi connectivity index (χ0n) is 9.09. The Balaban J connectivity index is 2.20. The molecule has 86 valence electrons. The number of carbonyl (C=O) groups excluding carboxylic acids is 1. The van der Waals surface area contributed by atoms with Gasteiger partial charge in [-0.2, -0.15) is 0 Å². The van der Waals surface area contributed by atoms with Crippen molar-refractivity contribution in [1.82, 2.24) is 9.88 Å². The van der Waals surface area contributed by atoms with Gasteiger partial charge in [0.05, 0.1) is 13.2 Å². The summed E-state index contributed by atoms with van der Waals surface area (Å²) in [6.07, 6.45) is 1.80. The molecule has 5 heteroatoms. The van der Waals surface area contributed by atoms with Gasteiger partial charge in [0.1, 0.15) is 5.56 Å². The van der Waals surface area contributed by atoms with Gasteiger partial charge in [0, 0.05) is 19.3 Å². The number of ether oxygens (including phenoxy) is 1. The molecule has 0 aromatic carbocycles. The van der Waals surface area contributed by atoms with Gasteiger partial charge in [-0.25, -0.2) is 4.98 Å². The number of pyridine rings is 1. The second-order valence-electron chi connectivity index (χ2n) is 3.75. The number of hydrogen-bond acceptors (Lipinski definition) is 4. The molecular weight excluding hydrogens is 208 g/mol. The molecule has 1 aromatic rings. The van der Waals surface area contributed by atoms with Gasteiger partial charge in [0.15, 0.2) is 0 Å². The maximum absolute atomic E-state index is 12.1. The summed E-state index contributed by atoms with van der Waals surface area (Å²) >= 11 is 0. The smallest absolute Gasteiger partial charge is 0.259 e. The van der Waals surface area contributed by atoms with Crippen LogP contribution < -0.4 is 4.74 Å². The van der Waals surface area contributed by atoms with Crippen molar-refractivity contribution < 1.29 is 14.6 Å². The largest absolute Gasteiger partial charge is 0.480 e. The van der Waals surface area contributed by atoms with Gasteiger partial charge < -0.3 is 14.7 Å². The van der Waals surface area contributed by atoms with Crippen LogP contribution in [-0.2, 0) is 0 Å². The average Bonchev–Trinajstić information content (AvgIpc) is 2.75. The molecule has 0 spiro atoms. The highest BCUT2D eigenvalue weighted by Crippen LogP contribution is 2.19. The number of hydrogen-bond donors (Lipinski definition) is 1. The fourth-order valence-corrected chi connectivity index (χ4v) is 1.81. The number of aliphatic hydroxyl groups is 1. The highest BCUT2D eigenvalue weighted by atomic mass is 16.5. The molecule has 1 amide bonds. The molecule has 1 aromatic heterocycles. The Kier molecular flexibility index (Phi) is 3.05. The van der Waals surface area contributed by atoms with Crippen molar-refractivity contribution in [3.63, 3.8) is 0 Å². The van der Waals surface area contributed by atoms with Crippen LogP contribution in [0.2, 0.25) is 0 Å². The van der Waals surface area contributed by atoms with Crippen LogP contribution >= 0.6 is 0 Å². The summed E-state index contributed by atoms with van der Waals surface area (Å²) in [6, 6.07) is 3.38. The summed E-state index contributed by atoms with van der Waals surface area (Å²) in [7, 11) is 1.48. The molecule has 1 aliphatic rings. The van der Waals surface area contributed by atoms with Gasteiger partial charge in [0.2, 0.25) is 5.88 Å². The first-order valence-electron chi connectivity index (χ1n) is 5.18. The van der Waals surface area contributed by atoms with Crippen molar-refractivity contribution in [2.45, 2.75) is 12.5 Å². The van der Waals surface area contributed by atoms with E-state index < -0.39 is 6.10 Å². The number of likely N-dealkylation sites (tertiary alicyclic amines) is 1. The summed E-state index contributed by atoms with van der Waals surface area (Å²) < 4.78 is 5.03. The maximum atomic E-state index is 12.1. The topological polar surface area (TPSA) is 62.7 Å². The van der Waals surface area contributed by atoms with E-state index in [2.05, 4.69) is 4.98 Å². The Morgan fingerprint density at radius 2 is 2.50 bits per heavy atom. The molecule has 0 saturated carbocycles. The van der Waals surface area contributed by atoms with Crippen LogP contribution in [0.4, 0.5) is 0 Å². The van der Waals surface area contributed by atoms with Crippen LogP contribution in [0.15, 0.2) is 18.3 Å². The van der Waals surface area contributed by atoms with Crippen molar-refractivity contribution in [3.05, 3.63) is 23.9 Å². The Morgan fingerprint density at radius 1 is 1.69 bits per heavy atom. The summed E-state index contributed by atoms with van der Waals surface area (Å²) in [5, 5.41) is 9.38. The van der Waals surface area contributed by atoms with E-state index in [1.165, 1.54) is 7.11 Å². The van der Waals surface area contributed by atoms with Crippen LogP contribution in [0.1, 0.15) is 16.8 Å². The Labute approximate surface area is 93.7 Å². The first-order chi connectivity index (χ1) is 7.72. The number of aliphatic hydroxyl groups excluding tert-OH is 1. The van der Waals surface area contributed by atoms with Crippen molar-refractivity contribution in [3.8, 4) is 5.88 Å². The van der Waals surface area contributed by atoms with Gasteiger partial charge >= 0.3 is 0 Å². The highest BCUT2D eigenvalue weighted by Gasteiger charge is 2.27. The van der Waals surface area contributed by atoms with E-state index in [0.29, 0.717) is 31.0 Å². The zero-order chi connectivity index (χ0) is 11.5. The molecule has 1 N–H and O–H groups in total. The van der Waals surface area contributed by atoms with Crippen LogP contribution in [0.3, 0.4) is 0 Å². The third kappa shape index (κ3) is 1.99. The molecule has 5 nitrogen and oxygen atoms in total. The van der Waals surface area contributed by atoms with Gasteiger partial charge in [-0.05, 0) is 18.6 Å². The van der Waals surface area contributed by atoms with E-state index in [4.69, 9.17) is 4.74 Å². The molecule has 0 aliphatic carbocycles. The number of rotatable bonds is 2. The molecule has 1 atom stereocenters. The lowest BCUT2D eigenvalue weighted by molar-refractivity contribution is 0.0761. The van der Waals surface area contributed by atoms with Gasteiger partial charge in [-0.15, -0.1) is 0 Å². The SMILES string of the molecule is COc1ncccc1C(=O)N1CC[C@H](O)C1. The van der Waals surface area contributed by atoms with Gasteiger partial charge in [-0.3, -0.25) is 4.79 Å². The molecule has 0 bridgehead atoms. The van der Waals surface area contributed by atoms with E-state index in [1.807, 2.05) is 0 Å². The molecule has 1 saturated heterocycles. The molecule has 2 heterocycles. The summed E-state index contributed by atoms with van der Waals surface area (Å²) in [5.41, 5.74) is 0.444. The number of nitrogens with zero attached hydrogens (tertiary/aromatic N) is 2. The molecule has 0 unspecified atom stereocenters. The first kappa shape index (κ1) is 10.9. The summed E-state index contributed by atoms with van der Waals surface area (Å²) in [6.45, 7) is 0.967. The predicted octanol–water partition coefficient (Wildman–Crippen LogP) is 0.297. The van der Waals surface area contributed by atoms with E-state index in [-0.39, 0.29) is 5.91 Å². The fraction of sp³-hybridized carbons (Fsp3) is 0.455. The number of aromatic nitrogens is 1. The van der Waals surface area contributed by atoms with Crippen LogP contribution in [0, 0.1) is 0 Å². The zero-order valence-corrected chi connectivity index (χ0v) is 9.09. The van der Waals surface area contributed by atoms with Gasteiger partial charge in [-0.1, -0.05) is 0 Å². The van der Waals surface area contributed by atoms with Gasteiger partial charge in [0.25, 0.3) is 5.91 Å². The second-order valence-corrected chi connectivity index (χ2v) is 3.75. The Morgan fingerprint density at radius 3 is 3.12 bits per heavy atom. The lowest BCUT2D eigenvalue weighted by Gasteiger charge is -2.16. The minimum absolute atomic E-state index is 0.137. The normalized spacial score (nSPS) is 19.9. The summed E-state index contributed by atoms with van der Waals surface area (Å²) in [5.74, 6) is 0.190. The van der Waals surface area contributed by atoms with Crippen molar-refractivity contribution >= 4 is 5.91 Å². The number of β-amino-alcohol motifs (C(OH)–C–C–N with tert-alkyl or cyclic N) is 1. The van der Waals surface area contributed by atoms with E-state index in [0.717, 1.165) is 0 Å². The van der Waals surface area contributed by atoms with E-state index >= 15 is 0 Å². The first-order valence-corrected chi connectivity index (χ1v) is 5.18. The maximum Gasteiger partial charge on any atom is 0.259 e. The van der Waals surface area contributed by atoms with Crippen LogP contribution in [-0.4, -0.2) is 47.2 Å². The highest BCUT2D eigenvalue weighted by molar-refractivity contribution is 5.96. The quantitative estimate of drug-likeness (QED) is 0.781. The van der Waals surface area contributed by atoms with E-state index in [9.17, 15) is 9.90 Å². The minimum Gasteiger partial charge on any atom is -0.480 e. The number of methoxy groups -OCH3 is 1. The lowest BCUT2D eigenvalue weighted by atomic mass is 10.2. The predicted molar refractivity (Wildman–Crippen MR) is 57.3 cm³/mol. The van der Waals surface area contributed by atoms with Crippen molar-refractivity contribution in [1.29, 1.82) is 0 Å².